The number of hydrogen-bond acceptors (Lipinski definition) is 6. The molecular weight excluding hydrogens is 585 g/mol. The molecule has 7 nitrogen and oxygen atoms in total. The summed E-state index contributed by atoms with van der Waals surface area (Å²) in [6, 6.07) is 13.6. The van der Waals surface area contributed by atoms with Crippen LogP contribution in [-0.4, -0.2) is 48.9 Å². The predicted molar refractivity (Wildman–Crippen MR) is 162 cm³/mol. The number of hydrogen-bond donors (Lipinski definition) is 1. The highest BCUT2D eigenvalue weighted by Gasteiger charge is 2.47. The Morgan fingerprint density at radius 1 is 1.02 bits per heavy atom. The van der Waals surface area contributed by atoms with Crippen LogP contribution in [0.5, 0.6) is 0 Å². The summed E-state index contributed by atoms with van der Waals surface area (Å²) in [5, 5.41) is 3.38. The number of piperidine rings is 1. The molecule has 2 atom stereocenters. The number of nitrogens with one attached hydrogen (secondary N) is 1. The number of benzene rings is 2. The molecule has 0 saturated carbocycles. The van der Waals surface area contributed by atoms with Gasteiger partial charge < -0.3 is 19.7 Å². The Morgan fingerprint density at radius 3 is 2.27 bits per heavy atom. The summed E-state index contributed by atoms with van der Waals surface area (Å²) in [7, 11) is 1.52. The van der Waals surface area contributed by atoms with E-state index in [4.69, 9.17) is 9.47 Å². The molecule has 1 N–H and O–H groups in total. The maximum absolute atomic E-state index is 14.3. The Labute approximate surface area is 261 Å². The lowest BCUT2D eigenvalue weighted by atomic mass is 9.64. The van der Waals surface area contributed by atoms with Gasteiger partial charge in [0.1, 0.15) is 6.61 Å². The van der Waals surface area contributed by atoms with Crippen LogP contribution in [0.25, 0.3) is 0 Å². The molecular formula is C35H39F3N2O5. The predicted octanol–water partition coefficient (Wildman–Crippen LogP) is 7.09. The first-order valence-corrected chi connectivity index (χ1v) is 15.3. The van der Waals surface area contributed by atoms with Gasteiger partial charge in [0.05, 0.1) is 17.4 Å². The highest BCUT2D eigenvalue weighted by atomic mass is 19.4. The Hall–Kier alpha value is -3.92. The molecule has 1 aliphatic carbocycles. The monoisotopic (exact) mass is 624 g/mol. The highest BCUT2D eigenvalue weighted by molar-refractivity contribution is 6.12. The van der Waals surface area contributed by atoms with Gasteiger partial charge in [-0.1, -0.05) is 56.3 Å². The minimum absolute atomic E-state index is 0.0507. The molecule has 0 spiro atoms. The third-order valence-corrected chi connectivity index (χ3v) is 9.07. The van der Waals surface area contributed by atoms with Crippen LogP contribution in [0, 0.1) is 17.3 Å². The fraction of sp³-hybridized carbons (Fsp3) is 0.457. The van der Waals surface area contributed by atoms with E-state index in [1.165, 1.54) is 19.2 Å². The average Bonchev–Trinajstić information content (AvgIpc) is 3.01. The fourth-order valence-electron chi connectivity index (χ4n) is 6.71. The maximum Gasteiger partial charge on any atom is 0.416 e. The molecule has 5 rings (SSSR count). The summed E-state index contributed by atoms with van der Waals surface area (Å²) in [5.41, 5.74) is 2.00. The number of rotatable bonds is 7. The number of allylic oxidation sites excluding steroid dienone is 3. The van der Waals surface area contributed by atoms with Crippen molar-refractivity contribution in [3.8, 4) is 0 Å². The Balaban J connectivity index is 1.47. The summed E-state index contributed by atoms with van der Waals surface area (Å²) in [5.74, 6) is -1.28. The Morgan fingerprint density at radius 2 is 1.67 bits per heavy atom. The Kier molecular flexibility index (Phi) is 9.26. The van der Waals surface area contributed by atoms with E-state index in [0.717, 1.165) is 23.4 Å². The molecule has 2 aliphatic heterocycles. The van der Waals surface area contributed by atoms with Gasteiger partial charge in [0.25, 0.3) is 0 Å². The minimum Gasteiger partial charge on any atom is -0.445 e. The van der Waals surface area contributed by atoms with Gasteiger partial charge >= 0.3 is 12.3 Å². The van der Waals surface area contributed by atoms with E-state index < -0.39 is 35.6 Å². The van der Waals surface area contributed by atoms with Crippen LogP contribution in [0.4, 0.5) is 18.0 Å². The van der Waals surface area contributed by atoms with Gasteiger partial charge in [-0.3, -0.25) is 9.59 Å². The second-order valence-electron chi connectivity index (χ2n) is 12.9. The molecule has 2 aromatic carbocycles. The van der Waals surface area contributed by atoms with Crippen LogP contribution in [0.15, 0.2) is 77.1 Å². The molecule has 1 fully saturated rings. The van der Waals surface area contributed by atoms with Crippen molar-refractivity contribution in [1.82, 2.24) is 10.2 Å². The first-order chi connectivity index (χ1) is 21.3. The molecule has 10 heteroatoms. The Bertz CT molecular complexity index is 1500. The van der Waals surface area contributed by atoms with Crippen LogP contribution in [0.2, 0.25) is 0 Å². The molecule has 2 aromatic rings. The number of halogens is 3. The standard InChI is InChI=1S/C35H39F3N2O5/c1-21(44-4)31-30(32(42)24-10-12-25(13-11-24)35(36,37)38)28(29-26(39-31)18-34(2,3)19-27(29)41)23-14-16-40(17-15-23)33(43)45-20-22-8-6-5-7-9-22/h5-13,21,23,28,39H,14-20H2,1-4H3. The zero-order valence-electron chi connectivity index (χ0n) is 26.0. The molecule has 2 unspecified atom stereocenters. The molecule has 0 aromatic heterocycles. The largest absolute Gasteiger partial charge is 0.445 e. The van der Waals surface area contributed by atoms with E-state index in [1.807, 2.05) is 44.2 Å². The van der Waals surface area contributed by atoms with Crippen LogP contribution in [-0.2, 0) is 27.1 Å². The van der Waals surface area contributed by atoms with Crippen molar-refractivity contribution in [1.29, 1.82) is 0 Å². The lowest BCUT2D eigenvalue weighted by Gasteiger charge is -2.45. The molecule has 240 valence electrons. The van der Waals surface area contributed by atoms with Crippen molar-refractivity contribution >= 4 is 17.7 Å². The maximum atomic E-state index is 14.3. The number of Topliss-reactive ketones (excluding diaryl/α,β-unsaturated/α-hetero) is 2. The third-order valence-electron chi connectivity index (χ3n) is 9.07. The smallest absolute Gasteiger partial charge is 0.416 e. The summed E-state index contributed by atoms with van der Waals surface area (Å²) < 4.78 is 51.1. The molecule has 3 aliphatic rings. The number of nitrogens with zero attached hydrogens (tertiary/aromatic N) is 1. The summed E-state index contributed by atoms with van der Waals surface area (Å²) >= 11 is 0. The average molecular weight is 625 g/mol. The van der Waals surface area contributed by atoms with Crippen molar-refractivity contribution < 1.29 is 37.0 Å². The van der Waals surface area contributed by atoms with E-state index in [1.54, 1.807) is 11.8 Å². The van der Waals surface area contributed by atoms with Crippen molar-refractivity contribution in [3.63, 3.8) is 0 Å². The molecule has 45 heavy (non-hydrogen) atoms. The number of amides is 1. The number of alkyl halides is 3. The first-order valence-electron chi connectivity index (χ1n) is 15.3. The van der Waals surface area contributed by atoms with Crippen LogP contribution >= 0.6 is 0 Å². The number of ketones is 2. The normalized spacial score (nSPS) is 21.3. The number of ether oxygens (including phenoxy) is 2. The third kappa shape index (κ3) is 7.01. The van der Waals surface area contributed by atoms with Crippen molar-refractivity contribution in [3.05, 3.63) is 93.8 Å². The minimum atomic E-state index is -4.54. The number of dihydropyridines is 1. The SMILES string of the molecule is COC(C)C1=C(C(=O)c2ccc(C(F)(F)F)cc2)C(C2CCN(C(=O)OCc3ccccc3)CC2)C2=C(CC(C)(C)CC2=O)N1. The van der Waals surface area contributed by atoms with Gasteiger partial charge in [0.2, 0.25) is 0 Å². The number of methoxy groups -OCH3 is 1. The first kappa shape index (κ1) is 32.5. The van der Waals surface area contributed by atoms with Gasteiger partial charge in [-0.25, -0.2) is 4.79 Å². The van der Waals surface area contributed by atoms with E-state index in [2.05, 4.69) is 5.32 Å². The molecule has 0 bridgehead atoms. The van der Waals surface area contributed by atoms with Crippen LogP contribution in [0.1, 0.15) is 67.9 Å². The highest BCUT2D eigenvalue weighted by Crippen LogP contribution is 2.48. The van der Waals surface area contributed by atoms with Gasteiger partial charge in [-0.15, -0.1) is 0 Å². The van der Waals surface area contributed by atoms with E-state index >= 15 is 0 Å². The second kappa shape index (κ2) is 12.8. The fourth-order valence-corrected chi connectivity index (χ4v) is 6.71. The van der Waals surface area contributed by atoms with Crippen molar-refractivity contribution in [2.45, 2.75) is 65.3 Å². The molecule has 0 radical (unpaired) electrons. The number of carbonyl (C=O) groups is 3. The van der Waals surface area contributed by atoms with E-state index in [9.17, 15) is 27.6 Å². The molecule has 1 saturated heterocycles. The lowest BCUT2D eigenvalue weighted by molar-refractivity contribution is -0.137. The zero-order chi connectivity index (χ0) is 32.5. The van der Waals surface area contributed by atoms with Gasteiger partial charge in [-0.2, -0.15) is 13.2 Å². The van der Waals surface area contributed by atoms with Gasteiger partial charge in [-0.05, 0) is 55.2 Å². The molecule has 1 amide bonds. The van der Waals surface area contributed by atoms with Crippen molar-refractivity contribution in [2.24, 2.45) is 17.3 Å². The summed E-state index contributed by atoms with van der Waals surface area (Å²) in [6.07, 6.45) is -3.59. The van der Waals surface area contributed by atoms with Gasteiger partial charge in [0.15, 0.2) is 11.6 Å². The van der Waals surface area contributed by atoms with Crippen molar-refractivity contribution in [2.75, 3.05) is 20.2 Å². The number of carbonyl (C=O) groups excluding carboxylic acids is 3. The second-order valence-corrected chi connectivity index (χ2v) is 12.9. The summed E-state index contributed by atoms with van der Waals surface area (Å²) in [4.78, 5) is 42.7. The lowest BCUT2D eigenvalue weighted by Crippen LogP contribution is -2.47. The number of likely N-dealkylation sites (tertiary alicyclic amines) is 1. The molecule has 2 heterocycles. The summed E-state index contributed by atoms with van der Waals surface area (Å²) in [6.45, 7) is 6.75. The topological polar surface area (TPSA) is 84.9 Å². The van der Waals surface area contributed by atoms with E-state index in [0.29, 0.717) is 55.6 Å². The van der Waals surface area contributed by atoms with Crippen LogP contribution in [0.3, 0.4) is 0 Å². The van der Waals surface area contributed by atoms with E-state index in [-0.39, 0.29) is 29.3 Å². The van der Waals surface area contributed by atoms with Gasteiger partial charge in [0, 0.05) is 54.9 Å². The quantitative estimate of drug-likeness (QED) is 0.331. The van der Waals surface area contributed by atoms with Crippen LogP contribution < -0.4 is 5.32 Å². The zero-order valence-corrected chi connectivity index (χ0v) is 26.0.